The Kier molecular flexibility index (Phi) is 1.40. The zero-order chi connectivity index (χ0) is 7.90. The van der Waals surface area contributed by atoms with Crippen LogP contribution >= 0.6 is 0 Å². The molecule has 2 aliphatic rings. The number of hydrogen-bond donors (Lipinski definition) is 0. The summed E-state index contributed by atoms with van der Waals surface area (Å²) in [4.78, 5) is 11.0. The molecule has 62 valence electrons. The molecule has 0 aromatic carbocycles. The monoisotopic (exact) mass is 158 g/mol. The summed E-state index contributed by atoms with van der Waals surface area (Å²) in [5.74, 6) is -0.254. The number of ether oxygens (including phenoxy) is 3. The first-order valence-electron chi connectivity index (χ1n) is 3.71. The van der Waals surface area contributed by atoms with Crippen molar-refractivity contribution in [1.82, 2.24) is 0 Å². The van der Waals surface area contributed by atoms with Gasteiger partial charge in [0.25, 0.3) is 0 Å². The highest BCUT2D eigenvalue weighted by Crippen LogP contribution is 2.43. The second-order valence-corrected chi connectivity index (χ2v) is 2.81. The minimum absolute atomic E-state index is 0.254. The van der Waals surface area contributed by atoms with E-state index in [1.54, 1.807) is 6.92 Å². The Balaban J connectivity index is 1.85. The van der Waals surface area contributed by atoms with Gasteiger partial charge in [-0.1, -0.05) is 0 Å². The third kappa shape index (κ3) is 0.937. The minimum Gasteiger partial charge on any atom is -0.464 e. The Morgan fingerprint density at radius 2 is 2.45 bits per heavy atom. The van der Waals surface area contributed by atoms with E-state index < -0.39 is 0 Å². The number of hydrogen-bond acceptors (Lipinski definition) is 4. The van der Waals surface area contributed by atoms with Gasteiger partial charge in [-0.25, -0.2) is 4.79 Å². The third-order valence-electron chi connectivity index (χ3n) is 1.97. The van der Waals surface area contributed by atoms with Crippen LogP contribution in [-0.4, -0.2) is 37.5 Å². The lowest BCUT2D eigenvalue weighted by Crippen LogP contribution is -2.41. The average Bonchev–Trinajstić information content (AvgIpc) is 2.60. The number of epoxide rings is 1. The summed E-state index contributed by atoms with van der Waals surface area (Å²) in [6.07, 6.45) is -0.351. The van der Waals surface area contributed by atoms with Crippen molar-refractivity contribution in [3.8, 4) is 0 Å². The molecule has 0 aromatic heterocycles. The second kappa shape index (κ2) is 2.19. The summed E-state index contributed by atoms with van der Waals surface area (Å²) >= 11 is 0. The molecule has 4 nitrogen and oxygen atoms in total. The highest BCUT2D eigenvalue weighted by Gasteiger charge is 2.66. The summed E-state index contributed by atoms with van der Waals surface area (Å²) in [5, 5.41) is 0. The third-order valence-corrected chi connectivity index (χ3v) is 1.97. The molecule has 0 radical (unpaired) electrons. The summed E-state index contributed by atoms with van der Waals surface area (Å²) < 4.78 is 14.9. The number of rotatable bonds is 2. The molecule has 2 rings (SSSR count). The van der Waals surface area contributed by atoms with Gasteiger partial charge in [0.1, 0.15) is 0 Å². The van der Waals surface area contributed by atoms with Crippen molar-refractivity contribution >= 4 is 5.97 Å². The molecule has 2 aliphatic heterocycles. The average molecular weight is 158 g/mol. The quantitative estimate of drug-likeness (QED) is 0.409. The minimum atomic E-state index is -0.351. The molecule has 0 amide bonds. The maximum absolute atomic E-state index is 11.0. The van der Waals surface area contributed by atoms with Crippen molar-refractivity contribution in [2.45, 2.75) is 18.6 Å². The van der Waals surface area contributed by atoms with Gasteiger partial charge in [-0.15, -0.1) is 0 Å². The van der Waals surface area contributed by atoms with Gasteiger partial charge in [-0.2, -0.15) is 0 Å². The molecule has 0 saturated carbocycles. The van der Waals surface area contributed by atoms with Crippen LogP contribution in [-0.2, 0) is 19.0 Å². The lowest BCUT2D eigenvalue weighted by Gasteiger charge is -2.21. The molecule has 2 fully saturated rings. The Hall–Kier alpha value is -0.610. The topological polar surface area (TPSA) is 48.1 Å². The van der Waals surface area contributed by atoms with Crippen molar-refractivity contribution in [1.29, 1.82) is 0 Å². The Labute approximate surface area is 64.4 Å². The van der Waals surface area contributed by atoms with E-state index in [2.05, 4.69) is 0 Å². The van der Waals surface area contributed by atoms with E-state index in [4.69, 9.17) is 14.2 Å². The fourth-order valence-corrected chi connectivity index (χ4v) is 1.20. The Morgan fingerprint density at radius 3 is 2.82 bits per heavy atom. The van der Waals surface area contributed by atoms with Gasteiger partial charge in [0, 0.05) is 0 Å². The van der Waals surface area contributed by atoms with Crippen LogP contribution in [0.4, 0.5) is 0 Å². The van der Waals surface area contributed by atoms with Gasteiger partial charge < -0.3 is 14.2 Å². The fraction of sp³-hybridized carbons (Fsp3) is 0.857. The maximum atomic E-state index is 11.0. The summed E-state index contributed by atoms with van der Waals surface area (Å²) in [6.45, 7) is 3.27. The molecule has 4 heteroatoms. The molecular weight excluding hydrogens is 148 g/mol. The first-order valence-corrected chi connectivity index (χ1v) is 3.71. The molecular formula is C7H10O4. The van der Waals surface area contributed by atoms with Gasteiger partial charge in [0.2, 0.25) is 0 Å². The maximum Gasteiger partial charge on any atom is 0.338 e. The van der Waals surface area contributed by atoms with Gasteiger partial charge in [-0.3, -0.25) is 0 Å². The highest BCUT2D eigenvalue weighted by atomic mass is 16.7. The van der Waals surface area contributed by atoms with E-state index in [0.29, 0.717) is 19.8 Å². The van der Waals surface area contributed by atoms with Crippen LogP contribution in [0.1, 0.15) is 6.92 Å². The van der Waals surface area contributed by atoms with Crippen LogP contribution in [0.25, 0.3) is 0 Å². The van der Waals surface area contributed by atoms with E-state index >= 15 is 0 Å². The molecule has 1 atom stereocenters. The SMILES string of the molecule is CCOC(=O)C1OC12COC2. The first kappa shape index (κ1) is 7.06. The Morgan fingerprint density at radius 1 is 1.73 bits per heavy atom. The van der Waals surface area contributed by atoms with Crippen molar-refractivity contribution < 1.29 is 19.0 Å². The molecule has 0 N–H and O–H groups in total. The van der Waals surface area contributed by atoms with Gasteiger partial charge >= 0.3 is 5.97 Å². The lowest BCUT2D eigenvalue weighted by atomic mass is 10.0. The van der Waals surface area contributed by atoms with Crippen molar-refractivity contribution in [3.63, 3.8) is 0 Å². The normalized spacial score (nSPS) is 31.2. The standard InChI is InChI=1S/C7H10O4/c1-2-10-6(8)5-7(11-5)3-9-4-7/h5H,2-4H2,1H3. The molecule has 11 heavy (non-hydrogen) atoms. The van der Waals surface area contributed by atoms with Crippen LogP contribution < -0.4 is 0 Å². The summed E-state index contributed by atoms with van der Waals surface area (Å²) in [7, 11) is 0. The molecule has 2 saturated heterocycles. The molecule has 0 bridgehead atoms. The molecule has 1 unspecified atom stereocenters. The van der Waals surface area contributed by atoms with E-state index in [0.717, 1.165) is 0 Å². The van der Waals surface area contributed by atoms with Crippen LogP contribution in [0.5, 0.6) is 0 Å². The van der Waals surface area contributed by atoms with Crippen LogP contribution in [0.3, 0.4) is 0 Å². The van der Waals surface area contributed by atoms with Crippen LogP contribution in [0.15, 0.2) is 0 Å². The van der Waals surface area contributed by atoms with E-state index in [-0.39, 0.29) is 17.7 Å². The molecule has 2 heterocycles. The number of carbonyl (C=O) groups is 1. The highest BCUT2D eigenvalue weighted by molar-refractivity contribution is 5.79. The van der Waals surface area contributed by atoms with Crippen molar-refractivity contribution in [2.75, 3.05) is 19.8 Å². The molecule has 1 spiro atoms. The summed E-state index contributed by atoms with van der Waals surface area (Å²) in [6, 6.07) is 0. The lowest BCUT2D eigenvalue weighted by molar-refractivity contribution is -0.144. The summed E-state index contributed by atoms with van der Waals surface area (Å²) in [5.41, 5.74) is -0.285. The van der Waals surface area contributed by atoms with E-state index in [9.17, 15) is 4.79 Å². The van der Waals surface area contributed by atoms with Gasteiger partial charge in [0.05, 0.1) is 19.8 Å². The predicted molar refractivity (Wildman–Crippen MR) is 35.1 cm³/mol. The van der Waals surface area contributed by atoms with Crippen molar-refractivity contribution in [2.24, 2.45) is 0 Å². The van der Waals surface area contributed by atoms with Gasteiger partial charge in [-0.05, 0) is 6.92 Å². The zero-order valence-electron chi connectivity index (χ0n) is 6.33. The van der Waals surface area contributed by atoms with Crippen molar-refractivity contribution in [3.05, 3.63) is 0 Å². The van der Waals surface area contributed by atoms with Crippen LogP contribution in [0, 0.1) is 0 Å². The fourth-order valence-electron chi connectivity index (χ4n) is 1.20. The number of esters is 1. The Bertz CT molecular complexity index is 185. The van der Waals surface area contributed by atoms with Crippen LogP contribution in [0.2, 0.25) is 0 Å². The first-order chi connectivity index (χ1) is 5.28. The largest absolute Gasteiger partial charge is 0.464 e. The zero-order valence-corrected chi connectivity index (χ0v) is 6.33. The smallest absolute Gasteiger partial charge is 0.338 e. The molecule has 0 aromatic rings. The van der Waals surface area contributed by atoms with E-state index in [1.165, 1.54) is 0 Å². The predicted octanol–water partition coefficient (Wildman–Crippen LogP) is -0.283. The number of carbonyl (C=O) groups excluding carboxylic acids is 1. The second-order valence-electron chi connectivity index (χ2n) is 2.81. The molecule has 0 aliphatic carbocycles. The van der Waals surface area contributed by atoms with E-state index in [1.807, 2.05) is 0 Å². The van der Waals surface area contributed by atoms with Gasteiger partial charge in [0.15, 0.2) is 11.7 Å².